The van der Waals surface area contributed by atoms with Gasteiger partial charge in [0.15, 0.2) is 15.6 Å². The molecule has 0 aromatic heterocycles. The summed E-state index contributed by atoms with van der Waals surface area (Å²) >= 11 is 0. The van der Waals surface area contributed by atoms with Gasteiger partial charge < -0.3 is 0 Å². The predicted octanol–water partition coefficient (Wildman–Crippen LogP) is 1.04. The molecule has 1 saturated heterocycles. The van der Waals surface area contributed by atoms with E-state index >= 15 is 0 Å². The molecule has 0 aromatic rings. The van der Waals surface area contributed by atoms with Crippen LogP contribution in [0.3, 0.4) is 0 Å². The maximum absolute atomic E-state index is 12.9. The van der Waals surface area contributed by atoms with Crippen molar-refractivity contribution in [2.45, 2.75) is 25.7 Å². The summed E-state index contributed by atoms with van der Waals surface area (Å²) in [7, 11) is -3.14. The lowest BCUT2D eigenvalue weighted by Crippen LogP contribution is -2.29. The van der Waals surface area contributed by atoms with E-state index in [9.17, 15) is 22.0 Å². The molecule has 1 aliphatic heterocycles. The van der Waals surface area contributed by atoms with Gasteiger partial charge in [0.25, 0.3) is 0 Å². The van der Waals surface area contributed by atoms with Gasteiger partial charge in [-0.1, -0.05) is 0 Å². The highest BCUT2D eigenvalue weighted by Crippen LogP contribution is 2.31. The number of Topliss-reactive ketones (excluding diaryl/α,β-unsaturated/α-hetero) is 1. The number of alkyl halides is 2. The van der Waals surface area contributed by atoms with E-state index in [4.69, 9.17) is 0 Å². The maximum Gasteiger partial charge on any atom is 0.305 e. The number of hydrogen-bond donors (Lipinski definition) is 0. The number of rotatable bonds is 3. The van der Waals surface area contributed by atoms with E-state index in [0.717, 1.165) is 6.92 Å². The molecule has 1 fully saturated rings. The van der Waals surface area contributed by atoms with Crippen molar-refractivity contribution in [3.8, 4) is 0 Å². The molecule has 1 rings (SSSR count). The second-order valence-electron chi connectivity index (χ2n) is 3.73. The third-order valence-corrected chi connectivity index (χ3v) is 4.22. The topological polar surface area (TPSA) is 51.2 Å². The van der Waals surface area contributed by atoms with Crippen LogP contribution in [-0.2, 0) is 14.6 Å². The van der Waals surface area contributed by atoms with Crippen molar-refractivity contribution >= 4 is 15.6 Å². The van der Waals surface area contributed by atoms with Crippen LogP contribution in [-0.4, -0.2) is 31.6 Å². The molecule has 1 atom stereocenters. The Hall–Kier alpha value is -0.520. The van der Waals surface area contributed by atoms with Crippen LogP contribution in [0.15, 0.2) is 0 Å². The highest BCUT2D eigenvalue weighted by Gasteiger charge is 2.41. The first-order chi connectivity index (χ1) is 6.23. The largest absolute Gasteiger partial charge is 0.305 e. The fraction of sp³-hybridized carbons (Fsp3) is 0.875. The lowest BCUT2D eigenvalue weighted by Gasteiger charge is -2.15. The molecule has 82 valence electrons. The SMILES string of the molecule is CC(=O)C(F)(F)CC1CCS(=O)(=O)C1. The summed E-state index contributed by atoms with van der Waals surface area (Å²) < 4.78 is 47.7. The fourth-order valence-corrected chi connectivity index (χ4v) is 3.40. The summed E-state index contributed by atoms with van der Waals surface area (Å²) in [5.74, 6) is -5.38. The van der Waals surface area contributed by atoms with Crippen molar-refractivity contribution < 1.29 is 22.0 Å². The maximum atomic E-state index is 12.9. The smallest absolute Gasteiger partial charge is 0.293 e. The normalized spacial score (nSPS) is 26.4. The van der Waals surface area contributed by atoms with E-state index in [1.54, 1.807) is 0 Å². The third kappa shape index (κ3) is 2.73. The highest BCUT2D eigenvalue weighted by molar-refractivity contribution is 7.91. The van der Waals surface area contributed by atoms with Gasteiger partial charge in [0.05, 0.1) is 11.5 Å². The van der Waals surface area contributed by atoms with Gasteiger partial charge >= 0.3 is 5.92 Å². The highest BCUT2D eigenvalue weighted by atomic mass is 32.2. The number of sulfone groups is 1. The van der Waals surface area contributed by atoms with Gasteiger partial charge in [-0.25, -0.2) is 8.42 Å². The summed E-state index contributed by atoms with van der Waals surface area (Å²) in [6, 6.07) is 0. The minimum absolute atomic E-state index is 0.0361. The van der Waals surface area contributed by atoms with Gasteiger partial charge in [0, 0.05) is 13.3 Å². The molecule has 0 aliphatic carbocycles. The minimum atomic E-state index is -3.37. The summed E-state index contributed by atoms with van der Waals surface area (Å²) in [4.78, 5) is 10.5. The lowest BCUT2D eigenvalue weighted by atomic mass is 9.98. The van der Waals surface area contributed by atoms with Crippen LogP contribution in [0.4, 0.5) is 8.78 Å². The van der Waals surface area contributed by atoms with Crippen molar-refractivity contribution in [1.29, 1.82) is 0 Å². The van der Waals surface area contributed by atoms with Crippen molar-refractivity contribution in [2.75, 3.05) is 11.5 Å². The predicted molar refractivity (Wildman–Crippen MR) is 47.0 cm³/mol. The fourth-order valence-electron chi connectivity index (χ4n) is 1.54. The van der Waals surface area contributed by atoms with E-state index in [2.05, 4.69) is 0 Å². The van der Waals surface area contributed by atoms with Gasteiger partial charge in [0.1, 0.15) is 0 Å². The number of hydrogen-bond acceptors (Lipinski definition) is 3. The molecule has 0 bridgehead atoms. The molecular formula is C8H12F2O3S. The van der Waals surface area contributed by atoms with E-state index in [1.165, 1.54) is 0 Å². The molecule has 0 amide bonds. The van der Waals surface area contributed by atoms with E-state index in [1.807, 2.05) is 0 Å². The zero-order valence-electron chi connectivity index (χ0n) is 7.79. The van der Waals surface area contributed by atoms with Gasteiger partial charge in [-0.15, -0.1) is 0 Å². The van der Waals surface area contributed by atoms with Crippen LogP contribution >= 0.6 is 0 Å². The molecule has 0 N–H and O–H groups in total. The molecule has 0 radical (unpaired) electrons. The Labute approximate surface area is 81.4 Å². The summed E-state index contributed by atoms with van der Waals surface area (Å²) in [5, 5.41) is 0. The zero-order chi connectivity index (χ0) is 11.0. The van der Waals surface area contributed by atoms with E-state index in [-0.39, 0.29) is 17.9 Å². The molecule has 0 spiro atoms. The van der Waals surface area contributed by atoms with E-state index < -0.39 is 33.9 Å². The first-order valence-corrected chi connectivity index (χ1v) is 6.14. The second kappa shape index (κ2) is 3.56. The quantitative estimate of drug-likeness (QED) is 0.722. The molecule has 1 unspecified atom stereocenters. The molecule has 0 saturated carbocycles. The molecule has 0 aromatic carbocycles. The van der Waals surface area contributed by atoms with Crippen molar-refractivity contribution in [2.24, 2.45) is 5.92 Å². The van der Waals surface area contributed by atoms with Gasteiger partial charge in [-0.3, -0.25) is 4.79 Å². The van der Waals surface area contributed by atoms with Crippen LogP contribution in [0.5, 0.6) is 0 Å². The lowest BCUT2D eigenvalue weighted by molar-refractivity contribution is -0.142. The van der Waals surface area contributed by atoms with Crippen LogP contribution in [0.2, 0.25) is 0 Å². The standard InChI is InChI=1S/C8H12F2O3S/c1-6(11)8(9,10)4-7-2-3-14(12,13)5-7/h7H,2-5H2,1H3. The minimum Gasteiger partial charge on any atom is -0.293 e. The summed E-state index contributed by atoms with van der Waals surface area (Å²) in [6.45, 7) is 0.823. The van der Waals surface area contributed by atoms with Gasteiger partial charge in [-0.05, 0) is 12.3 Å². The molecule has 1 heterocycles. The number of halogens is 2. The van der Waals surface area contributed by atoms with Gasteiger partial charge in [0.2, 0.25) is 0 Å². The van der Waals surface area contributed by atoms with Crippen molar-refractivity contribution in [3.05, 3.63) is 0 Å². The van der Waals surface area contributed by atoms with E-state index in [0.29, 0.717) is 0 Å². The Balaban J connectivity index is 2.60. The first-order valence-electron chi connectivity index (χ1n) is 4.32. The Morgan fingerprint density at radius 2 is 2.07 bits per heavy atom. The van der Waals surface area contributed by atoms with Crippen LogP contribution in [0.25, 0.3) is 0 Å². The monoisotopic (exact) mass is 226 g/mol. The molecule has 1 aliphatic rings. The number of ketones is 1. The molecule has 6 heteroatoms. The van der Waals surface area contributed by atoms with Crippen LogP contribution in [0.1, 0.15) is 19.8 Å². The summed E-state index contributed by atoms with van der Waals surface area (Å²) in [6.07, 6.45) is -0.396. The second-order valence-corrected chi connectivity index (χ2v) is 5.96. The Morgan fingerprint density at radius 3 is 2.43 bits per heavy atom. The average Bonchev–Trinajstić information content (AvgIpc) is 2.28. The van der Waals surface area contributed by atoms with Crippen LogP contribution in [0, 0.1) is 5.92 Å². The Bertz CT molecular complexity index is 334. The molecule has 14 heavy (non-hydrogen) atoms. The van der Waals surface area contributed by atoms with Gasteiger partial charge in [-0.2, -0.15) is 8.78 Å². The Kier molecular flexibility index (Phi) is 2.94. The van der Waals surface area contributed by atoms with Crippen molar-refractivity contribution in [1.82, 2.24) is 0 Å². The summed E-state index contributed by atoms with van der Waals surface area (Å²) in [5.41, 5.74) is 0. The molecular weight excluding hydrogens is 214 g/mol. The zero-order valence-corrected chi connectivity index (χ0v) is 8.61. The Morgan fingerprint density at radius 1 is 1.50 bits per heavy atom. The first kappa shape index (κ1) is 11.6. The number of carbonyl (C=O) groups is 1. The average molecular weight is 226 g/mol. The number of carbonyl (C=O) groups excluding carboxylic acids is 1. The third-order valence-electron chi connectivity index (χ3n) is 2.39. The molecule has 3 nitrogen and oxygen atoms in total. The van der Waals surface area contributed by atoms with Crippen molar-refractivity contribution in [3.63, 3.8) is 0 Å². The van der Waals surface area contributed by atoms with Crippen LogP contribution < -0.4 is 0 Å².